The maximum absolute atomic E-state index is 12.0. The van der Waals surface area contributed by atoms with Gasteiger partial charge in [-0.2, -0.15) is 0 Å². The lowest BCUT2D eigenvalue weighted by Crippen LogP contribution is -2.37. The molecule has 0 bridgehead atoms. The molecule has 1 aromatic rings. The van der Waals surface area contributed by atoms with Gasteiger partial charge in [-0.1, -0.05) is 19.8 Å². The molecule has 1 unspecified atom stereocenters. The third-order valence-corrected chi connectivity index (χ3v) is 3.69. The fraction of sp³-hybridized carbons (Fsp3) is 0.769. The van der Waals surface area contributed by atoms with Gasteiger partial charge in [-0.25, -0.2) is 4.98 Å². The number of aryl methyl sites for hydroxylation is 1. The van der Waals surface area contributed by atoms with Gasteiger partial charge in [-0.3, -0.25) is 9.89 Å². The topological polar surface area (TPSA) is 70.7 Å². The van der Waals surface area contributed by atoms with Gasteiger partial charge in [-0.15, -0.1) is 5.10 Å². The van der Waals surface area contributed by atoms with Crippen LogP contribution in [0, 0.1) is 5.92 Å². The van der Waals surface area contributed by atoms with E-state index < -0.39 is 0 Å². The van der Waals surface area contributed by atoms with Crippen molar-refractivity contribution in [1.29, 1.82) is 0 Å². The molecule has 2 N–H and O–H groups in total. The van der Waals surface area contributed by atoms with E-state index in [1.165, 1.54) is 25.7 Å². The maximum Gasteiger partial charge on any atom is 0.291 e. The van der Waals surface area contributed by atoms with Crippen LogP contribution in [0.5, 0.6) is 0 Å². The van der Waals surface area contributed by atoms with Crippen molar-refractivity contribution in [3.8, 4) is 0 Å². The summed E-state index contributed by atoms with van der Waals surface area (Å²) in [5, 5.41) is 9.78. The Balaban J connectivity index is 1.89. The molecule has 5 heteroatoms. The highest BCUT2D eigenvalue weighted by molar-refractivity contribution is 5.90. The van der Waals surface area contributed by atoms with Gasteiger partial charge in [-0.05, 0) is 32.1 Å². The van der Waals surface area contributed by atoms with E-state index in [9.17, 15) is 4.79 Å². The van der Waals surface area contributed by atoms with Gasteiger partial charge < -0.3 is 5.32 Å². The van der Waals surface area contributed by atoms with Crippen LogP contribution in [0.15, 0.2) is 0 Å². The monoisotopic (exact) mass is 250 g/mol. The Bertz CT molecular complexity index is 395. The molecule has 1 amide bonds. The zero-order chi connectivity index (χ0) is 13.0. The van der Waals surface area contributed by atoms with E-state index in [1.54, 1.807) is 0 Å². The van der Waals surface area contributed by atoms with Gasteiger partial charge in [0.25, 0.3) is 5.91 Å². The SMILES string of the molecule is CCCc1nc(C(=O)NC(C)C2CCCC2)n[nH]1. The van der Waals surface area contributed by atoms with Crippen molar-refractivity contribution in [2.45, 2.75) is 58.4 Å². The van der Waals surface area contributed by atoms with Gasteiger partial charge in [0, 0.05) is 12.5 Å². The van der Waals surface area contributed by atoms with E-state index in [0.29, 0.717) is 5.92 Å². The highest BCUT2D eigenvalue weighted by Gasteiger charge is 2.24. The molecule has 0 aromatic carbocycles. The average Bonchev–Trinajstić information content (AvgIpc) is 3.00. The lowest BCUT2D eigenvalue weighted by molar-refractivity contribution is 0.0917. The summed E-state index contributed by atoms with van der Waals surface area (Å²) >= 11 is 0. The number of amides is 1. The summed E-state index contributed by atoms with van der Waals surface area (Å²) in [6.07, 6.45) is 6.83. The zero-order valence-electron chi connectivity index (χ0n) is 11.2. The molecule has 1 fully saturated rings. The van der Waals surface area contributed by atoms with Crippen LogP contribution in [0.2, 0.25) is 0 Å². The van der Waals surface area contributed by atoms with Crippen LogP contribution in [-0.4, -0.2) is 27.1 Å². The van der Waals surface area contributed by atoms with Crippen molar-refractivity contribution in [2.24, 2.45) is 5.92 Å². The van der Waals surface area contributed by atoms with E-state index in [1.807, 2.05) is 0 Å². The Morgan fingerprint density at radius 2 is 2.22 bits per heavy atom. The van der Waals surface area contributed by atoms with Crippen molar-refractivity contribution < 1.29 is 4.79 Å². The molecular formula is C13H22N4O. The molecule has 1 aromatic heterocycles. The third kappa shape index (κ3) is 3.09. The van der Waals surface area contributed by atoms with Gasteiger partial charge in [0.05, 0.1) is 0 Å². The molecular weight excluding hydrogens is 228 g/mol. The molecule has 1 atom stereocenters. The van der Waals surface area contributed by atoms with Gasteiger partial charge in [0.15, 0.2) is 0 Å². The van der Waals surface area contributed by atoms with Crippen LogP contribution in [0.1, 0.15) is 62.4 Å². The average molecular weight is 250 g/mol. The summed E-state index contributed by atoms with van der Waals surface area (Å²) in [4.78, 5) is 16.2. The van der Waals surface area contributed by atoms with Crippen molar-refractivity contribution in [2.75, 3.05) is 0 Å². The van der Waals surface area contributed by atoms with Crippen molar-refractivity contribution in [3.63, 3.8) is 0 Å². The molecule has 0 radical (unpaired) electrons. The summed E-state index contributed by atoms with van der Waals surface area (Å²) in [6, 6.07) is 0.216. The Morgan fingerprint density at radius 1 is 1.50 bits per heavy atom. The smallest absolute Gasteiger partial charge is 0.291 e. The molecule has 0 aliphatic heterocycles. The minimum Gasteiger partial charge on any atom is -0.347 e. The molecule has 0 saturated heterocycles. The first-order valence-electron chi connectivity index (χ1n) is 6.93. The Kier molecular flexibility index (Phi) is 4.33. The molecule has 2 rings (SSSR count). The standard InChI is InChI=1S/C13H22N4O/c1-3-6-11-15-12(17-16-11)13(18)14-9(2)10-7-4-5-8-10/h9-10H,3-8H2,1-2H3,(H,14,18)(H,15,16,17). The predicted octanol–water partition coefficient (Wildman–Crippen LogP) is 2.07. The van der Waals surface area contributed by atoms with Crippen LogP contribution in [0.4, 0.5) is 0 Å². The van der Waals surface area contributed by atoms with E-state index >= 15 is 0 Å². The lowest BCUT2D eigenvalue weighted by atomic mass is 10.00. The predicted molar refractivity (Wildman–Crippen MR) is 69.3 cm³/mol. The first-order valence-corrected chi connectivity index (χ1v) is 6.93. The van der Waals surface area contributed by atoms with Crippen LogP contribution >= 0.6 is 0 Å². The molecule has 0 spiro atoms. The maximum atomic E-state index is 12.0. The zero-order valence-corrected chi connectivity index (χ0v) is 11.2. The van der Waals surface area contributed by atoms with Crippen molar-refractivity contribution >= 4 is 5.91 Å². The van der Waals surface area contributed by atoms with Crippen LogP contribution in [0.3, 0.4) is 0 Å². The first kappa shape index (κ1) is 13.1. The number of hydrogen-bond acceptors (Lipinski definition) is 3. The quantitative estimate of drug-likeness (QED) is 0.840. The van der Waals surface area contributed by atoms with Crippen molar-refractivity contribution in [3.05, 3.63) is 11.6 Å². The van der Waals surface area contributed by atoms with Gasteiger partial charge >= 0.3 is 0 Å². The number of carbonyl (C=O) groups excluding carboxylic acids is 1. The summed E-state index contributed by atoms with van der Waals surface area (Å²) in [6.45, 7) is 4.15. The van der Waals surface area contributed by atoms with Crippen LogP contribution in [-0.2, 0) is 6.42 Å². The molecule has 5 nitrogen and oxygen atoms in total. The normalized spacial score (nSPS) is 17.9. The molecule has 18 heavy (non-hydrogen) atoms. The third-order valence-electron chi connectivity index (χ3n) is 3.69. The number of aromatic nitrogens is 3. The second-order valence-electron chi connectivity index (χ2n) is 5.16. The fourth-order valence-corrected chi connectivity index (χ4v) is 2.59. The minimum absolute atomic E-state index is 0.159. The van der Waals surface area contributed by atoms with Crippen LogP contribution in [0.25, 0.3) is 0 Å². The number of hydrogen-bond donors (Lipinski definition) is 2. The van der Waals surface area contributed by atoms with Crippen molar-refractivity contribution in [1.82, 2.24) is 20.5 Å². The van der Waals surface area contributed by atoms with E-state index in [-0.39, 0.29) is 17.8 Å². The minimum atomic E-state index is -0.159. The second-order valence-corrected chi connectivity index (χ2v) is 5.16. The molecule has 1 heterocycles. The first-order chi connectivity index (χ1) is 8.70. The molecule has 1 aliphatic rings. The van der Waals surface area contributed by atoms with Gasteiger partial charge in [0.1, 0.15) is 5.82 Å². The summed E-state index contributed by atoms with van der Waals surface area (Å²) in [7, 11) is 0. The lowest BCUT2D eigenvalue weighted by Gasteiger charge is -2.19. The fourth-order valence-electron chi connectivity index (χ4n) is 2.59. The number of carbonyl (C=O) groups is 1. The molecule has 1 aliphatic carbocycles. The second kappa shape index (κ2) is 5.98. The van der Waals surface area contributed by atoms with E-state index in [4.69, 9.17) is 0 Å². The Morgan fingerprint density at radius 3 is 2.89 bits per heavy atom. The number of nitrogens with zero attached hydrogens (tertiary/aromatic N) is 2. The summed E-state index contributed by atoms with van der Waals surface area (Å²) in [5.41, 5.74) is 0. The number of H-pyrrole nitrogens is 1. The number of nitrogens with one attached hydrogen (secondary N) is 2. The van der Waals surface area contributed by atoms with Gasteiger partial charge in [0.2, 0.25) is 5.82 Å². The number of rotatable bonds is 5. The van der Waals surface area contributed by atoms with E-state index in [2.05, 4.69) is 34.3 Å². The summed E-state index contributed by atoms with van der Waals surface area (Å²) < 4.78 is 0. The number of aromatic amines is 1. The Hall–Kier alpha value is -1.39. The largest absolute Gasteiger partial charge is 0.347 e. The Labute approximate surface area is 108 Å². The molecule has 100 valence electrons. The molecule has 1 saturated carbocycles. The summed E-state index contributed by atoms with van der Waals surface area (Å²) in [5.74, 6) is 1.51. The highest BCUT2D eigenvalue weighted by Crippen LogP contribution is 2.27. The van der Waals surface area contributed by atoms with E-state index in [0.717, 1.165) is 18.7 Å². The van der Waals surface area contributed by atoms with Crippen LogP contribution < -0.4 is 5.32 Å². The highest BCUT2D eigenvalue weighted by atomic mass is 16.2.